The average Bonchev–Trinajstić information content (AvgIpc) is 2.82. The SMILES string of the molecule is CCn1cc(C(C)Nc2cc(Br)ccc2F)cn1. The number of nitrogens with zero attached hydrogens (tertiary/aromatic N) is 2. The van der Waals surface area contributed by atoms with E-state index in [1.54, 1.807) is 18.3 Å². The zero-order chi connectivity index (χ0) is 13.1. The van der Waals surface area contributed by atoms with Gasteiger partial charge in [-0.1, -0.05) is 15.9 Å². The Labute approximate surface area is 114 Å². The van der Waals surface area contributed by atoms with Crippen LogP contribution in [-0.2, 0) is 6.54 Å². The molecule has 1 unspecified atom stereocenters. The van der Waals surface area contributed by atoms with Gasteiger partial charge in [-0.3, -0.25) is 4.68 Å². The molecule has 1 heterocycles. The molecule has 0 spiro atoms. The van der Waals surface area contributed by atoms with E-state index < -0.39 is 0 Å². The molecule has 0 amide bonds. The van der Waals surface area contributed by atoms with E-state index in [1.807, 2.05) is 24.7 Å². The van der Waals surface area contributed by atoms with Crippen molar-refractivity contribution < 1.29 is 4.39 Å². The number of rotatable bonds is 4. The van der Waals surface area contributed by atoms with Crippen LogP contribution in [0, 0.1) is 5.82 Å². The Morgan fingerprint density at radius 1 is 1.50 bits per heavy atom. The third-order valence-corrected chi connectivity index (χ3v) is 3.27. The molecule has 0 aliphatic rings. The van der Waals surface area contributed by atoms with Gasteiger partial charge in [0, 0.05) is 22.8 Å². The summed E-state index contributed by atoms with van der Waals surface area (Å²) >= 11 is 3.33. The van der Waals surface area contributed by atoms with Crippen LogP contribution in [0.4, 0.5) is 10.1 Å². The summed E-state index contributed by atoms with van der Waals surface area (Å²) in [6.07, 6.45) is 3.77. The standard InChI is InChI=1S/C13H15BrFN3/c1-3-18-8-10(7-16-18)9(2)17-13-6-11(14)4-5-12(13)15/h4-9,17H,3H2,1-2H3. The van der Waals surface area contributed by atoms with Crippen molar-refractivity contribution in [1.82, 2.24) is 9.78 Å². The molecule has 0 aliphatic carbocycles. The van der Waals surface area contributed by atoms with Gasteiger partial charge in [0.2, 0.25) is 0 Å². The van der Waals surface area contributed by atoms with Crippen LogP contribution in [0.2, 0.25) is 0 Å². The highest BCUT2D eigenvalue weighted by Gasteiger charge is 2.10. The number of hydrogen-bond acceptors (Lipinski definition) is 2. The molecule has 1 N–H and O–H groups in total. The Hall–Kier alpha value is -1.36. The van der Waals surface area contributed by atoms with E-state index in [2.05, 4.69) is 26.3 Å². The lowest BCUT2D eigenvalue weighted by Crippen LogP contribution is -2.07. The Balaban J connectivity index is 2.15. The Morgan fingerprint density at radius 2 is 2.28 bits per heavy atom. The minimum atomic E-state index is -0.257. The van der Waals surface area contributed by atoms with Crippen LogP contribution in [0.15, 0.2) is 35.1 Å². The highest BCUT2D eigenvalue weighted by Crippen LogP contribution is 2.24. The monoisotopic (exact) mass is 311 g/mol. The van der Waals surface area contributed by atoms with Crippen molar-refractivity contribution in [3.8, 4) is 0 Å². The van der Waals surface area contributed by atoms with Crippen LogP contribution in [0.5, 0.6) is 0 Å². The van der Waals surface area contributed by atoms with E-state index in [9.17, 15) is 4.39 Å². The maximum Gasteiger partial charge on any atom is 0.146 e. The smallest absolute Gasteiger partial charge is 0.146 e. The molecule has 0 aliphatic heterocycles. The van der Waals surface area contributed by atoms with Gasteiger partial charge in [-0.25, -0.2) is 4.39 Å². The van der Waals surface area contributed by atoms with Crippen LogP contribution >= 0.6 is 15.9 Å². The predicted molar refractivity (Wildman–Crippen MR) is 74.0 cm³/mol. The second-order valence-electron chi connectivity index (χ2n) is 4.12. The fourth-order valence-electron chi connectivity index (χ4n) is 1.70. The first-order valence-corrected chi connectivity index (χ1v) is 6.63. The maximum absolute atomic E-state index is 13.6. The van der Waals surface area contributed by atoms with Crippen molar-refractivity contribution in [2.24, 2.45) is 0 Å². The van der Waals surface area contributed by atoms with Crippen LogP contribution in [0.3, 0.4) is 0 Å². The van der Waals surface area contributed by atoms with Crippen molar-refractivity contribution in [2.75, 3.05) is 5.32 Å². The number of halogens is 2. The molecular formula is C13H15BrFN3. The number of aryl methyl sites for hydroxylation is 1. The molecule has 1 aromatic carbocycles. The lowest BCUT2D eigenvalue weighted by molar-refractivity contribution is 0.627. The molecule has 1 atom stereocenters. The van der Waals surface area contributed by atoms with E-state index in [1.165, 1.54) is 6.07 Å². The Bertz CT molecular complexity index is 539. The van der Waals surface area contributed by atoms with Gasteiger partial charge >= 0.3 is 0 Å². The number of benzene rings is 1. The third-order valence-electron chi connectivity index (χ3n) is 2.78. The van der Waals surface area contributed by atoms with Crippen molar-refractivity contribution in [3.05, 3.63) is 46.4 Å². The normalized spacial score (nSPS) is 12.4. The summed E-state index contributed by atoms with van der Waals surface area (Å²) in [6, 6.07) is 4.86. The molecule has 0 saturated heterocycles. The summed E-state index contributed by atoms with van der Waals surface area (Å²) < 4.78 is 16.3. The van der Waals surface area contributed by atoms with Gasteiger partial charge in [0.1, 0.15) is 5.82 Å². The molecule has 2 rings (SSSR count). The van der Waals surface area contributed by atoms with Gasteiger partial charge in [0.15, 0.2) is 0 Å². The minimum absolute atomic E-state index is 0.00843. The molecule has 0 radical (unpaired) electrons. The van der Waals surface area contributed by atoms with Crippen molar-refractivity contribution >= 4 is 21.6 Å². The zero-order valence-corrected chi connectivity index (χ0v) is 11.9. The molecule has 1 aromatic heterocycles. The van der Waals surface area contributed by atoms with E-state index in [-0.39, 0.29) is 11.9 Å². The Morgan fingerprint density at radius 3 is 2.94 bits per heavy atom. The summed E-state index contributed by atoms with van der Waals surface area (Å²) in [4.78, 5) is 0. The molecule has 5 heteroatoms. The first-order valence-electron chi connectivity index (χ1n) is 5.84. The molecule has 0 bridgehead atoms. The summed E-state index contributed by atoms with van der Waals surface area (Å²) in [5.41, 5.74) is 1.53. The van der Waals surface area contributed by atoms with Crippen LogP contribution in [0.25, 0.3) is 0 Å². The summed E-state index contributed by atoms with van der Waals surface area (Å²) in [7, 11) is 0. The van der Waals surface area contributed by atoms with Crippen molar-refractivity contribution in [3.63, 3.8) is 0 Å². The van der Waals surface area contributed by atoms with Gasteiger partial charge in [0.25, 0.3) is 0 Å². The van der Waals surface area contributed by atoms with E-state index in [4.69, 9.17) is 0 Å². The molecule has 96 valence electrons. The van der Waals surface area contributed by atoms with E-state index in [0.717, 1.165) is 16.6 Å². The van der Waals surface area contributed by atoms with Crippen molar-refractivity contribution in [1.29, 1.82) is 0 Å². The van der Waals surface area contributed by atoms with Gasteiger partial charge < -0.3 is 5.32 Å². The lowest BCUT2D eigenvalue weighted by atomic mass is 10.2. The van der Waals surface area contributed by atoms with Gasteiger partial charge in [-0.15, -0.1) is 0 Å². The number of hydrogen-bond donors (Lipinski definition) is 1. The molecule has 3 nitrogen and oxygen atoms in total. The second kappa shape index (κ2) is 5.52. The first-order chi connectivity index (χ1) is 8.60. The number of anilines is 1. The van der Waals surface area contributed by atoms with Crippen LogP contribution in [-0.4, -0.2) is 9.78 Å². The van der Waals surface area contributed by atoms with E-state index in [0.29, 0.717) is 5.69 Å². The van der Waals surface area contributed by atoms with Gasteiger partial charge in [-0.05, 0) is 32.0 Å². The van der Waals surface area contributed by atoms with Crippen LogP contribution < -0.4 is 5.32 Å². The third kappa shape index (κ3) is 2.90. The quantitative estimate of drug-likeness (QED) is 0.925. The lowest BCUT2D eigenvalue weighted by Gasteiger charge is -2.14. The zero-order valence-electron chi connectivity index (χ0n) is 10.3. The van der Waals surface area contributed by atoms with Gasteiger partial charge in [-0.2, -0.15) is 5.10 Å². The van der Waals surface area contributed by atoms with Crippen LogP contribution in [0.1, 0.15) is 25.5 Å². The predicted octanol–water partition coefficient (Wildman–Crippen LogP) is 3.98. The number of aromatic nitrogens is 2. The summed E-state index contributed by atoms with van der Waals surface area (Å²) in [6.45, 7) is 4.85. The maximum atomic E-state index is 13.6. The summed E-state index contributed by atoms with van der Waals surface area (Å²) in [5.74, 6) is -0.257. The van der Waals surface area contributed by atoms with Gasteiger partial charge in [0.05, 0.1) is 17.9 Å². The summed E-state index contributed by atoms with van der Waals surface area (Å²) in [5, 5.41) is 7.36. The average molecular weight is 312 g/mol. The first kappa shape index (κ1) is 13.1. The number of nitrogens with one attached hydrogen (secondary N) is 1. The highest BCUT2D eigenvalue weighted by atomic mass is 79.9. The molecule has 18 heavy (non-hydrogen) atoms. The molecule has 0 fully saturated rings. The second-order valence-corrected chi connectivity index (χ2v) is 5.04. The fraction of sp³-hybridized carbons (Fsp3) is 0.308. The topological polar surface area (TPSA) is 29.9 Å². The highest BCUT2D eigenvalue weighted by molar-refractivity contribution is 9.10. The Kier molecular flexibility index (Phi) is 4.01. The fourth-order valence-corrected chi connectivity index (χ4v) is 2.06. The van der Waals surface area contributed by atoms with Crippen molar-refractivity contribution in [2.45, 2.75) is 26.4 Å². The molecule has 0 saturated carbocycles. The molecular weight excluding hydrogens is 297 g/mol. The molecule has 2 aromatic rings. The van der Waals surface area contributed by atoms with E-state index >= 15 is 0 Å². The largest absolute Gasteiger partial charge is 0.376 e. The minimum Gasteiger partial charge on any atom is -0.376 e.